The van der Waals surface area contributed by atoms with E-state index in [1.54, 1.807) is 9.13 Å². The van der Waals surface area contributed by atoms with E-state index in [9.17, 15) is 9.59 Å². The normalized spacial score (nSPS) is 13.2. The lowest BCUT2D eigenvalue weighted by Crippen LogP contribution is -2.36. The summed E-state index contributed by atoms with van der Waals surface area (Å²) in [5.74, 6) is 1.38. The molecule has 0 unspecified atom stereocenters. The molecule has 7 heteroatoms. The van der Waals surface area contributed by atoms with E-state index in [2.05, 4.69) is 4.90 Å². The average molecular weight is 532 g/mol. The molecule has 1 aliphatic heterocycles. The van der Waals surface area contributed by atoms with Gasteiger partial charge < -0.3 is 14.4 Å². The molecule has 0 atom stereocenters. The first-order chi connectivity index (χ1) is 19.7. The quantitative estimate of drug-likeness (QED) is 0.237. The number of anilines is 1. The van der Waals surface area contributed by atoms with E-state index in [1.165, 1.54) is 0 Å². The zero-order chi connectivity index (χ0) is 27.3. The first-order valence-electron chi connectivity index (χ1n) is 13.3. The highest BCUT2D eigenvalue weighted by atomic mass is 16.5. The molecule has 2 heterocycles. The molecule has 0 saturated carbocycles. The predicted molar refractivity (Wildman–Crippen MR) is 156 cm³/mol. The number of carbonyl (C=O) groups is 1. The maximum absolute atomic E-state index is 14.1. The fourth-order valence-corrected chi connectivity index (χ4v) is 5.11. The minimum Gasteiger partial charge on any atom is -0.457 e. The van der Waals surface area contributed by atoms with Crippen molar-refractivity contribution in [2.75, 3.05) is 31.2 Å². The Morgan fingerprint density at radius 1 is 0.750 bits per heavy atom. The smallest absolute Gasteiger partial charge is 0.334 e. The van der Waals surface area contributed by atoms with Crippen LogP contribution in [0.4, 0.5) is 5.69 Å². The number of aldehydes is 1. The largest absolute Gasteiger partial charge is 0.457 e. The lowest BCUT2D eigenvalue weighted by atomic mass is 10.1. The lowest BCUT2D eigenvalue weighted by Gasteiger charge is -2.29. The van der Waals surface area contributed by atoms with E-state index in [-0.39, 0.29) is 12.2 Å². The van der Waals surface area contributed by atoms with Gasteiger partial charge in [0.1, 0.15) is 17.2 Å². The third-order valence-electron chi connectivity index (χ3n) is 7.02. The average Bonchev–Trinajstić information content (AvgIpc) is 3.29. The Hall–Kier alpha value is -4.88. The summed E-state index contributed by atoms with van der Waals surface area (Å²) in [6.45, 7) is 3.11. The van der Waals surface area contributed by atoms with Gasteiger partial charge in [-0.25, -0.2) is 4.79 Å². The second kappa shape index (κ2) is 11.5. The summed E-state index contributed by atoms with van der Waals surface area (Å²) < 4.78 is 14.7. The van der Waals surface area contributed by atoms with Crippen LogP contribution in [-0.2, 0) is 11.3 Å². The van der Waals surface area contributed by atoms with E-state index in [0.717, 1.165) is 41.9 Å². The SMILES string of the molecule is O=Cc1c(-c2ccccc2)n(-c2cccc(N3CCOCC3)c2)c(=O)n1Cc1cccc(Oc2ccccc2)c1. The molecule has 1 aromatic heterocycles. The topological polar surface area (TPSA) is 65.7 Å². The van der Waals surface area contributed by atoms with Gasteiger partial charge in [-0.1, -0.05) is 66.7 Å². The highest BCUT2D eigenvalue weighted by Crippen LogP contribution is 2.29. The van der Waals surface area contributed by atoms with Crippen LogP contribution in [0, 0.1) is 0 Å². The van der Waals surface area contributed by atoms with E-state index in [4.69, 9.17) is 9.47 Å². The maximum Gasteiger partial charge on any atom is 0.334 e. The number of benzene rings is 4. The Balaban J connectivity index is 1.44. The number of para-hydroxylation sites is 1. The first kappa shape index (κ1) is 25.4. The van der Waals surface area contributed by atoms with E-state index in [0.29, 0.717) is 36.0 Å². The van der Waals surface area contributed by atoms with Gasteiger partial charge in [-0.3, -0.25) is 13.9 Å². The number of ether oxygens (including phenoxy) is 2. The van der Waals surface area contributed by atoms with Gasteiger partial charge in [0.2, 0.25) is 0 Å². The summed E-state index contributed by atoms with van der Waals surface area (Å²) in [6, 6.07) is 34.6. The molecule has 4 aromatic carbocycles. The number of imidazole rings is 1. The highest BCUT2D eigenvalue weighted by Gasteiger charge is 2.23. The summed E-state index contributed by atoms with van der Waals surface area (Å²) in [6.07, 6.45) is 0.774. The molecule has 0 spiro atoms. The molecule has 0 aliphatic carbocycles. The highest BCUT2D eigenvalue weighted by molar-refractivity contribution is 5.85. The van der Waals surface area contributed by atoms with Crippen molar-refractivity contribution in [1.82, 2.24) is 9.13 Å². The van der Waals surface area contributed by atoms with Crippen LogP contribution in [0.25, 0.3) is 16.9 Å². The van der Waals surface area contributed by atoms with Crippen molar-refractivity contribution in [2.45, 2.75) is 6.54 Å². The van der Waals surface area contributed by atoms with Gasteiger partial charge in [-0.05, 0) is 48.0 Å². The molecule has 1 fully saturated rings. The Morgan fingerprint density at radius 2 is 1.43 bits per heavy atom. The second-order valence-electron chi connectivity index (χ2n) is 9.60. The monoisotopic (exact) mass is 531 g/mol. The third kappa shape index (κ3) is 5.19. The molecule has 200 valence electrons. The summed E-state index contributed by atoms with van der Waals surface area (Å²) >= 11 is 0. The molecular weight excluding hydrogens is 502 g/mol. The number of rotatable bonds is 8. The number of nitrogens with zero attached hydrogens (tertiary/aromatic N) is 3. The van der Waals surface area contributed by atoms with Gasteiger partial charge in [-0.15, -0.1) is 0 Å². The molecule has 7 nitrogen and oxygen atoms in total. The molecule has 6 rings (SSSR count). The van der Waals surface area contributed by atoms with Crippen LogP contribution >= 0.6 is 0 Å². The summed E-state index contributed by atoms with van der Waals surface area (Å²) in [5, 5.41) is 0. The number of carbonyl (C=O) groups excluding carboxylic acids is 1. The molecule has 1 aliphatic rings. The van der Waals surface area contributed by atoms with E-state index < -0.39 is 0 Å². The molecule has 5 aromatic rings. The zero-order valence-electron chi connectivity index (χ0n) is 22.0. The van der Waals surface area contributed by atoms with Crippen LogP contribution in [0.15, 0.2) is 114 Å². The van der Waals surface area contributed by atoms with Crippen LogP contribution < -0.4 is 15.3 Å². The Bertz CT molecular complexity index is 1670. The van der Waals surface area contributed by atoms with Crippen molar-refractivity contribution < 1.29 is 14.3 Å². The second-order valence-corrected chi connectivity index (χ2v) is 9.60. The maximum atomic E-state index is 14.1. The molecule has 0 bridgehead atoms. The molecule has 1 saturated heterocycles. The Labute approximate surface area is 232 Å². The standard InChI is InChI=1S/C33H29N3O4/c37-24-31-32(26-10-3-1-4-11-26)36(28-13-8-12-27(22-28)34-17-19-39-20-18-34)33(38)35(31)23-25-9-7-16-30(21-25)40-29-14-5-2-6-15-29/h1-16,21-22,24H,17-20,23H2. The number of hydrogen-bond acceptors (Lipinski definition) is 5. The van der Waals surface area contributed by atoms with Crippen molar-refractivity contribution >= 4 is 12.0 Å². The van der Waals surface area contributed by atoms with Crippen LogP contribution in [0.5, 0.6) is 11.5 Å². The van der Waals surface area contributed by atoms with Gasteiger partial charge in [0.15, 0.2) is 6.29 Å². The number of morpholine rings is 1. The van der Waals surface area contributed by atoms with E-state index >= 15 is 0 Å². The Kier molecular flexibility index (Phi) is 7.28. The van der Waals surface area contributed by atoms with Gasteiger partial charge in [0, 0.05) is 24.3 Å². The zero-order valence-corrected chi connectivity index (χ0v) is 22.0. The van der Waals surface area contributed by atoms with Gasteiger partial charge in [0.25, 0.3) is 0 Å². The molecular formula is C33H29N3O4. The van der Waals surface area contributed by atoms with Crippen molar-refractivity contribution in [3.8, 4) is 28.4 Å². The van der Waals surface area contributed by atoms with Crippen molar-refractivity contribution in [1.29, 1.82) is 0 Å². The van der Waals surface area contributed by atoms with Crippen LogP contribution in [0.1, 0.15) is 16.1 Å². The van der Waals surface area contributed by atoms with E-state index in [1.807, 2.05) is 109 Å². The van der Waals surface area contributed by atoms with Gasteiger partial charge >= 0.3 is 5.69 Å². The first-order valence-corrected chi connectivity index (χ1v) is 13.3. The summed E-state index contributed by atoms with van der Waals surface area (Å²) in [4.78, 5) is 29.0. The minimum absolute atomic E-state index is 0.217. The number of aromatic nitrogens is 2. The predicted octanol–water partition coefficient (Wildman–Crippen LogP) is 5.80. The summed E-state index contributed by atoms with van der Waals surface area (Å²) in [5.41, 5.74) is 3.96. The van der Waals surface area contributed by atoms with Crippen molar-refractivity contribution in [3.05, 3.63) is 131 Å². The molecule has 0 amide bonds. The van der Waals surface area contributed by atoms with Crippen LogP contribution in [0.3, 0.4) is 0 Å². The fourth-order valence-electron chi connectivity index (χ4n) is 5.11. The number of hydrogen-bond donors (Lipinski definition) is 0. The molecule has 40 heavy (non-hydrogen) atoms. The van der Waals surface area contributed by atoms with Gasteiger partial charge in [0.05, 0.1) is 31.1 Å². The van der Waals surface area contributed by atoms with Crippen LogP contribution in [-0.4, -0.2) is 41.7 Å². The molecule has 0 N–H and O–H groups in total. The van der Waals surface area contributed by atoms with Crippen LogP contribution in [0.2, 0.25) is 0 Å². The summed E-state index contributed by atoms with van der Waals surface area (Å²) in [7, 11) is 0. The third-order valence-corrected chi connectivity index (χ3v) is 7.02. The van der Waals surface area contributed by atoms with Crippen molar-refractivity contribution in [2.24, 2.45) is 0 Å². The van der Waals surface area contributed by atoms with Crippen molar-refractivity contribution in [3.63, 3.8) is 0 Å². The van der Waals surface area contributed by atoms with Gasteiger partial charge in [-0.2, -0.15) is 0 Å². The molecule has 0 radical (unpaired) electrons. The Morgan fingerprint density at radius 3 is 2.17 bits per heavy atom. The lowest BCUT2D eigenvalue weighted by molar-refractivity contribution is 0.111. The fraction of sp³-hybridized carbons (Fsp3) is 0.152. The minimum atomic E-state index is -0.283.